The quantitative estimate of drug-likeness (QED) is 0.559. The van der Waals surface area contributed by atoms with Gasteiger partial charge in [-0.05, 0) is 50.0 Å². The Morgan fingerprint density at radius 3 is 2.83 bits per heavy atom. The SMILES string of the molecule is Cc1cc(-c2nsc3c(-c4c(C)cnn4C)cc(N4CCOCC4C)nc23)[nH]n1. The molecule has 1 atom stereocenters. The Morgan fingerprint density at radius 1 is 1.28 bits per heavy atom. The fourth-order valence-corrected chi connectivity index (χ4v) is 4.80. The number of anilines is 1. The number of aromatic amines is 1. The number of fused-ring (bicyclic) bond motifs is 1. The van der Waals surface area contributed by atoms with E-state index in [4.69, 9.17) is 14.1 Å². The molecule has 1 saturated heterocycles. The summed E-state index contributed by atoms with van der Waals surface area (Å²) < 4.78 is 13.4. The number of aryl methyl sites for hydroxylation is 3. The average molecular weight is 410 g/mol. The van der Waals surface area contributed by atoms with Crippen molar-refractivity contribution in [1.29, 1.82) is 0 Å². The maximum atomic E-state index is 5.64. The molecular formula is C20H23N7OS. The van der Waals surface area contributed by atoms with E-state index in [0.29, 0.717) is 13.2 Å². The minimum Gasteiger partial charge on any atom is -0.377 e. The molecule has 5 rings (SSSR count). The number of aromatic nitrogens is 6. The molecule has 1 aliphatic heterocycles. The summed E-state index contributed by atoms with van der Waals surface area (Å²) in [6, 6.07) is 4.45. The van der Waals surface area contributed by atoms with Crippen LogP contribution in [-0.4, -0.2) is 55.1 Å². The van der Waals surface area contributed by atoms with Crippen molar-refractivity contribution in [2.45, 2.75) is 26.8 Å². The summed E-state index contributed by atoms with van der Waals surface area (Å²) in [6.07, 6.45) is 1.90. The molecule has 0 aromatic carbocycles. The number of nitrogens with one attached hydrogen (secondary N) is 1. The monoisotopic (exact) mass is 409 g/mol. The molecule has 29 heavy (non-hydrogen) atoms. The topological polar surface area (TPSA) is 84.8 Å². The van der Waals surface area contributed by atoms with Gasteiger partial charge in [0.25, 0.3) is 0 Å². The van der Waals surface area contributed by atoms with Crippen LogP contribution in [0.3, 0.4) is 0 Å². The van der Waals surface area contributed by atoms with Crippen molar-refractivity contribution in [3.05, 3.63) is 29.6 Å². The first-order valence-electron chi connectivity index (χ1n) is 9.69. The Balaban J connectivity index is 1.77. The van der Waals surface area contributed by atoms with Gasteiger partial charge in [0.15, 0.2) is 0 Å². The van der Waals surface area contributed by atoms with Gasteiger partial charge in [-0.1, -0.05) is 0 Å². The lowest BCUT2D eigenvalue weighted by atomic mass is 10.1. The lowest BCUT2D eigenvalue weighted by molar-refractivity contribution is 0.0986. The Bertz CT molecular complexity index is 1170. The number of rotatable bonds is 3. The van der Waals surface area contributed by atoms with Crippen molar-refractivity contribution in [3.8, 4) is 22.6 Å². The van der Waals surface area contributed by atoms with Crippen LogP contribution < -0.4 is 4.90 Å². The summed E-state index contributed by atoms with van der Waals surface area (Å²) in [5.41, 5.74) is 6.90. The van der Waals surface area contributed by atoms with Crippen LogP contribution in [-0.2, 0) is 11.8 Å². The third kappa shape index (κ3) is 3.01. The number of morpholine rings is 1. The van der Waals surface area contributed by atoms with E-state index in [1.165, 1.54) is 11.5 Å². The molecule has 4 aromatic rings. The predicted molar refractivity (Wildman–Crippen MR) is 114 cm³/mol. The molecular weight excluding hydrogens is 386 g/mol. The Morgan fingerprint density at radius 2 is 2.14 bits per heavy atom. The Hall–Kier alpha value is -2.78. The number of pyridine rings is 1. The predicted octanol–water partition coefficient (Wildman–Crippen LogP) is 3.32. The average Bonchev–Trinajstić information content (AvgIpc) is 3.40. The van der Waals surface area contributed by atoms with Gasteiger partial charge in [-0.2, -0.15) is 14.6 Å². The van der Waals surface area contributed by atoms with Crippen molar-refractivity contribution in [2.75, 3.05) is 24.7 Å². The van der Waals surface area contributed by atoms with Gasteiger partial charge in [-0.3, -0.25) is 9.78 Å². The van der Waals surface area contributed by atoms with Crippen molar-refractivity contribution in [1.82, 2.24) is 29.3 Å². The van der Waals surface area contributed by atoms with E-state index < -0.39 is 0 Å². The zero-order chi connectivity index (χ0) is 20.1. The summed E-state index contributed by atoms with van der Waals surface area (Å²) in [5.74, 6) is 0.946. The molecule has 0 bridgehead atoms. The van der Waals surface area contributed by atoms with Crippen LogP contribution in [0.25, 0.3) is 32.9 Å². The maximum Gasteiger partial charge on any atom is 0.130 e. The van der Waals surface area contributed by atoms with E-state index in [0.717, 1.165) is 56.5 Å². The van der Waals surface area contributed by atoms with E-state index in [9.17, 15) is 0 Å². The van der Waals surface area contributed by atoms with Crippen molar-refractivity contribution < 1.29 is 4.74 Å². The highest BCUT2D eigenvalue weighted by atomic mass is 32.1. The van der Waals surface area contributed by atoms with Gasteiger partial charge >= 0.3 is 0 Å². The van der Waals surface area contributed by atoms with Crippen molar-refractivity contribution in [2.24, 2.45) is 7.05 Å². The molecule has 4 aromatic heterocycles. The minimum absolute atomic E-state index is 0.263. The van der Waals surface area contributed by atoms with Gasteiger partial charge in [-0.25, -0.2) is 4.98 Å². The van der Waals surface area contributed by atoms with E-state index in [1.54, 1.807) is 0 Å². The van der Waals surface area contributed by atoms with Crippen molar-refractivity contribution >= 4 is 27.6 Å². The number of hydrogen-bond acceptors (Lipinski definition) is 7. The van der Waals surface area contributed by atoms with Crippen LogP contribution in [0.5, 0.6) is 0 Å². The first kappa shape index (κ1) is 18.3. The van der Waals surface area contributed by atoms with Crippen LogP contribution in [0.1, 0.15) is 18.2 Å². The van der Waals surface area contributed by atoms with Crippen LogP contribution in [0.2, 0.25) is 0 Å². The standard InChI is InChI=1S/C20H23N7OS/c1-11-9-21-26(4)19(11)14-8-16(27-5-6-28-10-13(27)3)22-18-17(25-29-20(14)18)15-7-12(2)23-24-15/h7-9,13H,5-6,10H2,1-4H3,(H,23,24). The maximum absolute atomic E-state index is 5.64. The Labute approximate surface area is 172 Å². The van der Waals surface area contributed by atoms with Gasteiger partial charge in [0, 0.05) is 19.2 Å². The first-order chi connectivity index (χ1) is 14.0. The summed E-state index contributed by atoms with van der Waals surface area (Å²) >= 11 is 1.47. The molecule has 1 N–H and O–H groups in total. The molecule has 8 nitrogen and oxygen atoms in total. The molecule has 1 aliphatic rings. The third-order valence-corrected chi connectivity index (χ3v) is 6.28. The van der Waals surface area contributed by atoms with Gasteiger partial charge in [0.1, 0.15) is 17.0 Å². The zero-order valence-corrected chi connectivity index (χ0v) is 17.7. The number of ether oxygens (including phenoxy) is 1. The highest BCUT2D eigenvalue weighted by Gasteiger charge is 2.25. The highest BCUT2D eigenvalue weighted by molar-refractivity contribution is 7.14. The molecule has 0 amide bonds. The van der Waals surface area contributed by atoms with Crippen LogP contribution >= 0.6 is 11.5 Å². The summed E-state index contributed by atoms with van der Waals surface area (Å²) in [5, 5.41) is 11.8. The van der Waals surface area contributed by atoms with E-state index in [-0.39, 0.29) is 6.04 Å². The van der Waals surface area contributed by atoms with Gasteiger partial charge < -0.3 is 9.64 Å². The van der Waals surface area contributed by atoms with Crippen LogP contribution in [0, 0.1) is 13.8 Å². The zero-order valence-electron chi connectivity index (χ0n) is 16.9. The molecule has 1 unspecified atom stereocenters. The second-order valence-electron chi connectivity index (χ2n) is 7.58. The Kier molecular flexibility index (Phi) is 4.36. The molecule has 0 aliphatic carbocycles. The fourth-order valence-electron chi connectivity index (χ4n) is 3.95. The second-order valence-corrected chi connectivity index (χ2v) is 8.35. The molecule has 150 valence electrons. The molecule has 1 fully saturated rings. The molecule has 0 saturated carbocycles. The minimum atomic E-state index is 0.263. The number of nitrogens with zero attached hydrogens (tertiary/aromatic N) is 6. The van der Waals surface area contributed by atoms with E-state index >= 15 is 0 Å². The number of hydrogen-bond donors (Lipinski definition) is 1. The first-order valence-corrected chi connectivity index (χ1v) is 10.5. The van der Waals surface area contributed by atoms with E-state index in [1.807, 2.05) is 30.9 Å². The fraction of sp³-hybridized carbons (Fsp3) is 0.400. The van der Waals surface area contributed by atoms with Gasteiger partial charge in [0.05, 0.1) is 47.2 Å². The third-order valence-electron chi connectivity index (χ3n) is 5.41. The van der Waals surface area contributed by atoms with Crippen molar-refractivity contribution in [3.63, 3.8) is 0 Å². The largest absolute Gasteiger partial charge is 0.377 e. The molecule has 0 radical (unpaired) electrons. The van der Waals surface area contributed by atoms with E-state index in [2.05, 4.69) is 40.1 Å². The molecule has 0 spiro atoms. The normalized spacial score (nSPS) is 17.4. The second kappa shape index (κ2) is 6.93. The van der Waals surface area contributed by atoms with Crippen LogP contribution in [0.15, 0.2) is 18.3 Å². The summed E-state index contributed by atoms with van der Waals surface area (Å²) in [4.78, 5) is 7.38. The lowest BCUT2D eigenvalue weighted by Crippen LogP contribution is -2.44. The highest BCUT2D eigenvalue weighted by Crippen LogP contribution is 2.39. The van der Waals surface area contributed by atoms with Gasteiger partial charge in [0.2, 0.25) is 0 Å². The summed E-state index contributed by atoms with van der Waals surface area (Å²) in [7, 11) is 1.98. The molecule has 9 heteroatoms. The van der Waals surface area contributed by atoms with Gasteiger partial charge in [-0.15, -0.1) is 0 Å². The number of H-pyrrole nitrogens is 1. The smallest absolute Gasteiger partial charge is 0.130 e. The summed E-state index contributed by atoms with van der Waals surface area (Å²) in [6.45, 7) is 8.45. The van der Waals surface area contributed by atoms with Crippen LogP contribution in [0.4, 0.5) is 5.82 Å². The lowest BCUT2D eigenvalue weighted by Gasteiger charge is -2.34. The molecule has 5 heterocycles.